The lowest BCUT2D eigenvalue weighted by Gasteiger charge is -2.08. The van der Waals surface area contributed by atoms with Gasteiger partial charge < -0.3 is 0 Å². The summed E-state index contributed by atoms with van der Waals surface area (Å²) in [7, 11) is 0. The van der Waals surface area contributed by atoms with Gasteiger partial charge in [0, 0.05) is 22.8 Å². The highest BCUT2D eigenvalue weighted by molar-refractivity contribution is 5.74. The predicted molar refractivity (Wildman–Crippen MR) is 114 cm³/mol. The Balaban J connectivity index is 1.77. The number of hydrogen-bond donors (Lipinski definition) is 0. The van der Waals surface area contributed by atoms with Crippen LogP contribution >= 0.6 is 0 Å². The number of nitrogens with zero attached hydrogens (tertiary/aromatic N) is 3. The summed E-state index contributed by atoms with van der Waals surface area (Å²) in [6.07, 6.45) is 0. The predicted octanol–water partition coefficient (Wildman–Crippen LogP) is 6.04. The van der Waals surface area contributed by atoms with Crippen molar-refractivity contribution < 1.29 is 0 Å². The molecule has 3 heteroatoms. The minimum Gasteiger partial charge on any atom is -0.228 e. The van der Waals surface area contributed by atoms with Crippen molar-refractivity contribution in [2.24, 2.45) is 0 Å². The van der Waals surface area contributed by atoms with Gasteiger partial charge in [0.15, 0.2) is 5.65 Å². The first-order valence-corrected chi connectivity index (χ1v) is 9.37. The smallest absolute Gasteiger partial charge is 0.156 e. The lowest BCUT2D eigenvalue weighted by molar-refractivity contribution is 0.953. The van der Waals surface area contributed by atoms with E-state index in [0.29, 0.717) is 0 Å². The molecule has 5 aromatic rings. The summed E-state index contributed by atoms with van der Waals surface area (Å²) in [6, 6.07) is 33.2. The summed E-state index contributed by atoms with van der Waals surface area (Å²) in [6.45, 7) is 2.10. The van der Waals surface area contributed by atoms with Crippen molar-refractivity contribution in [3.8, 4) is 33.8 Å². The van der Waals surface area contributed by atoms with Crippen LogP contribution < -0.4 is 0 Å². The molecule has 28 heavy (non-hydrogen) atoms. The summed E-state index contributed by atoms with van der Waals surface area (Å²) < 4.78 is 1.94. The first-order chi connectivity index (χ1) is 13.8. The molecular weight excluding hydrogens is 342 g/mol. The van der Waals surface area contributed by atoms with Gasteiger partial charge in [0.1, 0.15) is 0 Å². The molecule has 2 aromatic heterocycles. The van der Waals surface area contributed by atoms with Gasteiger partial charge in [0.2, 0.25) is 0 Å². The zero-order chi connectivity index (χ0) is 18.9. The van der Waals surface area contributed by atoms with E-state index in [9.17, 15) is 0 Å². The van der Waals surface area contributed by atoms with Gasteiger partial charge >= 0.3 is 0 Å². The highest BCUT2D eigenvalue weighted by Crippen LogP contribution is 2.28. The summed E-state index contributed by atoms with van der Waals surface area (Å²) in [5, 5.41) is 4.89. The van der Waals surface area contributed by atoms with Gasteiger partial charge in [0.25, 0.3) is 0 Å². The zero-order valence-corrected chi connectivity index (χ0v) is 15.6. The third-order valence-corrected chi connectivity index (χ3v) is 4.88. The minimum absolute atomic E-state index is 0.844. The van der Waals surface area contributed by atoms with Crippen molar-refractivity contribution in [2.75, 3.05) is 0 Å². The van der Waals surface area contributed by atoms with E-state index in [-0.39, 0.29) is 0 Å². The third kappa shape index (κ3) is 2.97. The molecule has 0 aliphatic heterocycles. The van der Waals surface area contributed by atoms with Gasteiger partial charge in [-0.3, -0.25) is 0 Å². The molecule has 0 N–H and O–H groups in total. The van der Waals surface area contributed by atoms with E-state index >= 15 is 0 Å². The Morgan fingerprint density at radius 1 is 0.607 bits per heavy atom. The van der Waals surface area contributed by atoms with Gasteiger partial charge in [-0.15, -0.1) is 0 Å². The second-order valence-electron chi connectivity index (χ2n) is 6.93. The number of aryl methyl sites for hydroxylation is 1. The van der Waals surface area contributed by atoms with E-state index < -0.39 is 0 Å². The van der Waals surface area contributed by atoms with Crippen LogP contribution in [0.3, 0.4) is 0 Å². The van der Waals surface area contributed by atoms with E-state index in [0.717, 1.165) is 39.4 Å². The number of fused-ring (bicyclic) bond motifs is 1. The molecule has 0 bridgehead atoms. The quantitative estimate of drug-likeness (QED) is 0.392. The zero-order valence-electron chi connectivity index (χ0n) is 15.6. The lowest BCUT2D eigenvalue weighted by Crippen LogP contribution is -1.98. The fraction of sp³-hybridized carbons (Fsp3) is 0.0400. The van der Waals surface area contributed by atoms with Crippen LogP contribution in [0.2, 0.25) is 0 Å². The van der Waals surface area contributed by atoms with Crippen LogP contribution in [0.15, 0.2) is 97.1 Å². The lowest BCUT2D eigenvalue weighted by atomic mass is 10.1. The average molecular weight is 361 g/mol. The Morgan fingerprint density at radius 2 is 1.29 bits per heavy atom. The van der Waals surface area contributed by atoms with Crippen LogP contribution in [0.5, 0.6) is 0 Å². The van der Waals surface area contributed by atoms with E-state index in [4.69, 9.17) is 10.1 Å². The number of hydrogen-bond acceptors (Lipinski definition) is 2. The molecule has 0 fully saturated rings. The van der Waals surface area contributed by atoms with Crippen molar-refractivity contribution in [3.63, 3.8) is 0 Å². The van der Waals surface area contributed by atoms with Crippen molar-refractivity contribution in [1.82, 2.24) is 14.6 Å². The second-order valence-corrected chi connectivity index (χ2v) is 6.93. The Hall–Kier alpha value is -3.72. The molecule has 0 aliphatic rings. The molecule has 3 aromatic carbocycles. The van der Waals surface area contributed by atoms with Crippen molar-refractivity contribution >= 4 is 5.65 Å². The summed E-state index contributed by atoms with van der Waals surface area (Å²) in [5.41, 5.74) is 8.29. The van der Waals surface area contributed by atoms with Crippen LogP contribution in [0.4, 0.5) is 0 Å². The van der Waals surface area contributed by atoms with Gasteiger partial charge in [-0.1, -0.05) is 84.4 Å². The summed E-state index contributed by atoms with van der Waals surface area (Å²) in [5.74, 6) is 0. The fourth-order valence-corrected chi connectivity index (χ4v) is 3.49. The van der Waals surface area contributed by atoms with E-state index in [1.807, 2.05) is 28.8 Å². The topological polar surface area (TPSA) is 30.2 Å². The molecule has 0 radical (unpaired) electrons. The first-order valence-electron chi connectivity index (χ1n) is 9.37. The largest absolute Gasteiger partial charge is 0.228 e. The summed E-state index contributed by atoms with van der Waals surface area (Å²) >= 11 is 0. The first kappa shape index (κ1) is 16.5. The van der Waals surface area contributed by atoms with E-state index in [1.165, 1.54) is 5.56 Å². The highest BCUT2D eigenvalue weighted by Gasteiger charge is 2.13. The average Bonchev–Trinajstić information content (AvgIpc) is 3.19. The third-order valence-electron chi connectivity index (χ3n) is 4.88. The molecule has 0 spiro atoms. The van der Waals surface area contributed by atoms with E-state index in [1.54, 1.807) is 0 Å². The molecule has 0 aliphatic carbocycles. The Labute approximate surface area is 163 Å². The van der Waals surface area contributed by atoms with Crippen LogP contribution in [-0.4, -0.2) is 14.6 Å². The molecule has 2 heterocycles. The molecule has 0 atom stereocenters. The molecule has 0 saturated carbocycles. The number of rotatable bonds is 3. The van der Waals surface area contributed by atoms with Crippen molar-refractivity contribution in [2.45, 2.75) is 6.92 Å². The fourth-order valence-electron chi connectivity index (χ4n) is 3.49. The molecular formula is C25H19N3. The molecule has 0 amide bonds. The Morgan fingerprint density at radius 3 is 2.00 bits per heavy atom. The Bertz CT molecular complexity index is 1260. The maximum Gasteiger partial charge on any atom is 0.156 e. The molecule has 0 unspecified atom stereocenters. The monoisotopic (exact) mass is 361 g/mol. The van der Waals surface area contributed by atoms with Gasteiger partial charge in [-0.2, -0.15) is 5.10 Å². The molecule has 0 saturated heterocycles. The highest BCUT2D eigenvalue weighted by atomic mass is 15.3. The molecule has 134 valence electrons. The minimum atomic E-state index is 0.844. The van der Waals surface area contributed by atoms with Crippen LogP contribution in [0.25, 0.3) is 39.4 Å². The van der Waals surface area contributed by atoms with Gasteiger partial charge in [-0.25, -0.2) is 9.50 Å². The van der Waals surface area contributed by atoms with Crippen molar-refractivity contribution in [3.05, 3.63) is 103 Å². The SMILES string of the molecule is Cc1cccc(-c2cc3nc(-c4ccccc4)cc(-c4ccccc4)n3n2)c1. The normalized spacial score (nSPS) is 11.0. The maximum atomic E-state index is 4.90. The second kappa shape index (κ2) is 6.78. The standard InChI is InChI=1S/C25H19N3/c1-18-9-8-14-21(15-18)23-17-25-26-22(19-10-4-2-5-11-19)16-24(28(25)27-23)20-12-6-3-7-13-20/h2-17H,1H3. The van der Waals surface area contributed by atoms with Crippen molar-refractivity contribution in [1.29, 1.82) is 0 Å². The van der Waals surface area contributed by atoms with Crippen LogP contribution in [0.1, 0.15) is 5.56 Å². The number of aromatic nitrogens is 3. The summed E-state index contributed by atoms with van der Waals surface area (Å²) in [4.78, 5) is 4.90. The van der Waals surface area contributed by atoms with E-state index in [2.05, 4.69) is 79.7 Å². The van der Waals surface area contributed by atoms with Gasteiger partial charge in [-0.05, 0) is 19.1 Å². The Kier molecular flexibility index (Phi) is 3.99. The maximum absolute atomic E-state index is 4.90. The van der Waals surface area contributed by atoms with Gasteiger partial charge in [0.05, 0.1) is 17.1 Å². The molecule has 5 rings (SSSR count). The molecule has 3 nitrogen and oxygen atoms in total. The number of benzene rings is 3. The van der Waals surface area contributed by atoms with Crippen LogP contribution in [0, 0.1) is 6.92 Å². The van der Waals surface area contributed by atoms with Crippen LogP contribution in [-0.2, 0) is 0 Å².